The summed E-state index contributed by atoms with van der Waals surface area (Å²) < 4.78 is 6.37. The summed E-state index contributed by atoms with van der Waals surface area (Å²) in [6.07, 6.45) is 2.08. The van der Waals surface area contributed by atoms with Crippen LogP contribution >= 0.6 is 11.3 Å². The number of likely N-dealkylation sites (tertiary alicyclic amines) is 1. The first kappa shape index (κ1) is 19.8. The zero-order valence-electron chi connectivity index (χ0n) is 15.9. The zero-order chi connectivity index (χ0) is 19.0. The van der Waals surface area contributed by atoms with Crippen LogP contribution in [0.3, 0.4) is 0 Å². The normalized spacial score (nSPS) is 20.5. The number of fused-ring (bicyclic) bond motifs is 1. The topological polar surface area (TPSA) is 74.6 Å². The van der Waals surface area contributed by atoms with Crippen molar-refractivity contribution in [3.05, 3.63) is 5.01 Å². The number of ether oxygens (including phenoxy) is 1. The van der Waals surface area contributed by atoms with Crippen molar-refractivity contribution in [2.75, 3.05) is 44.3 Å². The van der Waals surface area contributed by atoms with Crippen molar-refractivity contribution >= 4 is 53.9 Å². The van der Waals surface area contributed by atoms with Crippen molar-refractivity contribution < 1.29 is 9.84 Å². The van der Waals surface area contributed by atoms with Crippen LogP contribution in [0.4, 0.5) is 5.82 Å². The molecule has 1 N–H and O–H groups in total. The van der Waals surface area contributed by atoms with Crippen LogP contribution in [0.25, 0.3) is 10.3 Å². The maximum atomic E-state index is 10.2. The van der Waals surface area contributed by atoms with Gasteiger partial charge in [-0.15, -0.1) is 0 Å². The number of rotatable bonds is 4. The first-order valence-electron chi connectivity index (χ1n) is 9.56. The molecule has 9 heteroatoms. The summed E-state index contributed by atoms with van der Waals surface area (Å²) in [5, 5.41) is 11.3. The molecule has 0 aliphatic carbocycles. The van der Waals surface area contributed by atoms with Gasteiger partial charge in [-0.25, -0.2) is 0 Å². The molecule has 3 radical (unpaired) electrons. The van der Waals surface area contributed by atoms with E-state index in [2.05, 4.69) is 14.8 Å². The third-order valence-corrected chi connectivity index (χ3v) is 7.11. The van der Waals surface area contributed by atoms with Gasteiger partial charge in [-0.1, -0.05) is 0 Å². The molecule has 27 heavy (non-hydrogen) atoms. The summed E-state index contributed by atoms with van der Waals surface area (Å²) in [7, 11) is 0. The zero-order valence-corrected chi connectivity index (χ0v) is 19.6. The fourth-order valence-corrected chi connectivity index (χ4v) is 5.73. The molecule has 4 heterocycles. The molecule has 0 bridgehead atoms. The minimum absolute atomic E-state index is 0.383. The Hall–Kier alpha value is -0.551. The quantitative estimate of drug-likeness (QED) is 0.627. The van der Waals surface area contributed by atoms with E-state index < -0.39 is 5.60 Å². The molecule has 0 saturated carbocycles. The van der Waals surface area contributed by atoms with Crippen LogP contribution in [0.2, 0.25) is 0 Å². The van der Waals surface area contributed by atoms with Gasteiger partial charge in [0.05, 0.1) is 0 Å². The summed E-state index contributed by atoms with van der Waals surface area (Å²) in [6.45, 7) is 9.93. The van der Waals surface area contributed by atoms with Gasteiger partial charge >= 0.3 is 178 Å². The summed E-state index contributed by atoms with van der Waals surface area (Å²) in [5.41, 5.74) is 0.361. The Morgan fingerprint density at radius 3 is 2.52 bits per heavy atom. The van der Waals surface area contributed by atoms with E-state index in [1.807, 2.05) is 13.8 Å². The number of nitrogens with zero attached hydrogens (tertiary/aromatic N) is 5. The number of hydrogen-bond donors (Lipinski definition) is 1. The van der Waals surface area contributed by atoms with Gasteiger partial charge in [-0.2, -0.15) is 0 Å². The van der Waals surface area contributed by atoms with E-state index in [4.69, 9.17) is 14.7 Å². The Bertz CT molecular complexity index is 795. The van der Waals surface area contributed by atoms with E-state index in [-0.39, 0.29) is 0 Å². The summed E-state index contributed by atoms with van der Waals surface area (Å²) in [5.74, 6) is 1.35. The molecule has 0 atom stereocenters. The average molecular weight is 495 g/mol. The van der Waals surface area contributed by atoms with Crippen molar-refractivity contribution in [2.45, 2.75) is 38.8 Å². The molecule has 0 aromatic carbocycles. The van der Waals surface area contributed by atoms with Gasteiger partial charge in [0.1, 0.15) is 0 Å². The summed E-state index contributed by atoms with van der Waals surface area (Å²) in [4.78, 5) is 20.0. The van der Waals surface area contributed by atoms with Crippen LogP contribution in [0.5, 0.6) is 0 Å². The Morgan fingerprint density at radius 1 is 1.15 bits per heavy atom. The summed E-state index contributed by atoms with van der Waals surface area (Å²) in [6, 6.07) is 0. The van der Waals surface area contributed by atoms with E-state index in [0.29, 0.717) is 5.92 Å². The number of aliphatic hydroxyl groups is 1. The molecule has 0 amide bonds. The second kappa shape index (κ2) is 8.06. The first-order valence-corrected chi connectivity index (χ1v) is 11.8. The molecule has 2 aliphatic heterocycles. The van der Waals surface area contributed by atoms with Crippen LogP contribution in [0.1, 0.15) is 31.7 Å². The summed E-state index contributed by atoms with van der Waals surface area (Å²) >= 11 is 2.92. The number of piperidine rings is 1. The first-order chi connectivity index (χ1) is 12.9. The SMILES string of the molecule is CC(C)(O)C1CCN(Cc2nc3c(N4CCOCC4)n[c]([Sn])nc3s2)CC1. The van der Waals surface area contributed by atoms with Gasteiger partial charge in [0.25, 0.3) is 0 Å². The van der Waals surface area contributed by atoms with Crippen molar-refractivity contribution in [1.82, 2.24) is 19.9 Å². The fourth-order valence-electron chi connectivity index (χ4n) is 3.90. The third kappa shape index (κ3) is 4.55. The van der Waals surface area contributed by atoms with Gasteiger partial charge in [0.15, 0.2) is 0 Å². The molecular weight excluding hydrogens is 469 g/mol. The van der Waals surface area contributed by atoms with E-state index in [9.17, 15) is 5.11 Å². The fraction of sp³-hybridized carbons (Fsp3) is 0.722. The average Bonchev–Trinajstić information content (AvgIpc) is 3.03. The number of anilines is 1. The van der Waals surface area contributed by atoms with E-state index in [0.717, 1.165) is 83.8 Å². The number of thiazole rings is 1. The van der Waals surface area contributed by atoms with Crippen LogP contribution in [-0.2, 0) is 11.3 Å². The molecule has 0 unspecified atom stereocenters. The van der Waals surface area contributed by atoms with Crippen molar-refractivity contribution in [2.24, 2.45) is 5.92 Å². The Morgan fingerprint density at radius 2 is 1.85 bits per heavy atom. The maximum absolute atomic E-state index is 10.2. The molecule has 2 aromatic heterocycles. The van der Waals surface area contributed by atoms with Gasteiger partial charge in [-0.05, 0) is 0 Å². The Kier molecular flexibility index (Phi) is 5.89. The molecule has 2 aliphatic rings. The van der Waals surface area contributed by atoms with Crippen molar-refractivity contribution in [3.63, 3.8) is 0 Å². The van der Waals surface area contributed by atoms with Gasteiger partial charge in [0.2, 0.25) is 0 Å². The predicted octanol–water partition coefficient (Wildman–Crippen LogP) is 0.700. The van der Waals surface area contributed by atoms with Crippen molar-refractivity contribution in [3.8, 4) is 0 Å². The van der Waals surface area contributed by atoms with Crippen LogP contribution in [-0.4, -0.2) is 92.5 Å². The molecular formula is C18H26N5O2SSn. The third-order valence-electron chi connectivity index (χ3n) is 5.54. The predicted molar refractivity (Wildman–Crippen MR) is 108 cm³/mol. The van der Waals surface area contributed by atoms with E-state index in [1.54, 1.807) is 11.3 Å². The second-order valence-electron chi connectivity index (χ2n) is 7.94. The van der Waals surface area contributed by atoms with Crippen LogP contribution in [0, 0.1) is 5.92 Å². The van der Waals surface area contributed by atoms with Crippen LogP contribution in [0.15, 0.2) is 0 Å². The van der Waals surface area contributed by atoms with Gasteiger partial charge in [0, 0.05) is 0 Å². The standard InChI is InChI=1S/C18H26N5O2S.Sn/c1-18(2,24)13-3-5-22(6-4-13)11-14-21-15-16(19-12-20-17(15)26-14)23-7-9-25-10-8-23;/h13,24H,3-11H2,1-2H3;. The second-order valence-corrected chi connectivity index (χ2v) is 10.3. The molecule has 0 spiro atoms. The van der Waals surface area contributed by atoms with Gasteiger partial charge < -0.3 is 0 Å². The molecule has 2 saturated heterocycles. The number of hydrogen-bond acceptors (Lipinski definition) is 8. The van der Waals surface area contributed by atoms with Gasteiger partial charge in [-0.3, -0.25) is 0 Å². The van der Waals surface area contributed by atoms with E-state index in [1.165, 1.54) is 22.5 Å². The molecule has 2 fully saturated rings. The Balaban J connectivity index is 1.50. The van der Waals surface area contributed by atoms with Crippen molar-refractivity contribution in [1.29, 1.82) is 0 Å². The number of morpholine rings is 1. The monoisotopic (exact) mass is 496 g/mol. The Labute approximate surface area is 177 Å². The number of aromatic nitrogens is 3. The van der Waals surface area contributed by atoms with Crippen LogP contribution < -0.4 is 8.74 Å². The molecule has 2 aromatic rings. The minimum atomic E-state index is -0.579. The molecule has 145 valence electrons. The molecule has 4 rings (SSSR count). The van der Waals surface area contributed by atoms with E-state index >= 15 is 0 Å². The molecule has 7 nitrogen and oxygen atoms in total.